The van der Waals surface area contributed by atoms with Crippen LogP contribution in [0.4, 0.5) is 0 Å². The van der Waals surface area contributed by atoms with E-state index in [1.165, 1.54) is 6.08 Å². The molecule has 0 radical (unpaired) electrons. The lowest BCUT2D eigenvalue weighted by molar-refractivity contribution is -0.116. The van der Waals surface area contributed by atoms with Crippen molar-refractivity contribution in [2.45, 2.75) is 19.8 Å². The number of benzene rings is 1. The summed E-state index contributed by atoms with van der Waals surface area (Å²) in [6.45, 7) is 2.56. The van der Waals surface area contributed by atoms with E-state index in [2.05, 4.69) is 15.4 Å². The molecule has 5 nitrogen and oxygen atoms in total. The topological polar surface area (TPSA) is 59.3 Å². The average Bonchev–Trinajstić information content (AvgIpc) is 2.97. The van der Waals surface area contributed by atoms with E-state index in [1.54, 1.807) is 22.7 Å². The van der Waals surface area contributed by atoms with Gasteiger partial charge in [-0.3, -0.25) is 4.79 Å². The van der Waals surface area contributed by atoms with Crippen LogP contribution in [-0.4, -0.2) is 27.0 Å². The lowest BCUT2D eigenvalue weighted by Crippen LogP contribution is -2.22. The molecule has 0 fully saturated rings. The molecule has 0 bridgehead atoms. The number of nitrogens with zero attached hydrogens (tertiary/aromatic N) is 3. The van der Waals surface area contributed by atoms with Crippen molar-refractivity contribution in [3.63, 3.8) is 0 Å². The highest BCUT2D eigenvalue weighted by Gasteiger charge is 2.01. The minimum absolute atomic E-state index is 0.105. The number of hydrogen-bond donors (Lipinski definition) is 1. The normalized spacial score (nSPS) is 11.3. The summed E-state index contributed by atoms with van der Waals surface area (Å²) in [4.78, 5) is 16.2. The van der Waals surface area contributed by atoms with Crippen molar-refractivity contribution < 1.29 is 4.79 Å². The van der Waals surface area contributed by atoms with Crippen LogP contribution in [0.15, 0.2) is 48.8 Å². The number of aromatic nitrogens is 3. The monoisotopic (exact) mass is 354 g/mol. The summed E-state index contributed by atoms with van der Waals surface area (Å²) >= 11 is 5.83. The predicted octanol–water partition coefficient (Wildman–Crippen LogP) is 3.45. The molecule has 25 heavy (non-hydrogen) atoms. The Morgan fingerprint density at radius 2 is 2.12 bits per heavy atom. The van der Waals surface area contributed by atoms with Gasteiger partial charge in [0.2, 0.25) is 5.91 Å². The molecule has 2 heterocycles. The van der Waals surface area contributed by atoms with Crippen LogP contribution in [0.5, 0.6) is 0 Å². The smallest absolute Gasteiger partial charge is 0.243 e. The Hall–Kier alpha value is -2.66. The Balaban J connectivity index is 1.44. The van der Waals surface area contributed by atoms with Crippen LogP contribution in [0.2, 0.25) is 5.02 Å². The van der Waals surface area contributed by atoms with E-state index in [4.69, 9.17) is 11.6 Å². The first-order chi connectivity index (χ1) is 12.1. The Kier molecular flexibility index (Phi) is 5.46. The maximum atomic E-state index is 11.8. The fourth-order valence-corrected chi connectivity index (χ4v) is 2.60. The molecule has 128 valence electrons. The summed E-state index contributed by atoms with van der Waals surface area (Å²) < 4.78 is 1.79. The molecule has 0 unspecified atom stereocenters. The summed E-state index contributed by atoms with van der Waals surface area (Å²) in [5.41, 5.74) is 3.83. The van der Waals surface area contributed by atoms with Crippen LogP contribution in [0, 0.1) is 6.92 Å². The predicted molar refractivity (Wildman–Crippen MR) is 99.5 cm³/mol. The van der Waals surface area contributed by atoms with Crippen molar-refractivity contribution in [3.05, 3.63) is 70.6 Å². The molecule has 1 aromatic carbocycles. The van der Waals surface area contributed by atoms with Gasteiger partial charge in [-0.2, -0.15) is 5.10 Å². The molecule has 0 atom stereocenters. The first-order valence-electron chi connectivity index (χ1n) is 8.12. The Morgan fingerprint density at radius 3 is 2.92 bits per heavy atom. The fraction of sp³-hybridized carbons (Fsp3) is 0.211. The average molecular weight is 355 g/mol. The molecule has 0 saturated carbocycles. The number of rotatable bonds is 6. The lowest BCUT2D eigenvalue weighted by atomic mass is 10.2. The fourth-order valence-electron chi connectivity index (χ4n) is 2.47. The van der Waals surface area contributed by atoms with Gasteiger partial charge in [-0.05, 0) is 49.1 Å². The second kappa shape index (κ2) is 7.94. The van der Waals surface area contributed by atoms with Crippen LogP contribution < -0.4 is 5.32 Å². The molecular weight excluding hydrogens is 336 g/mol. The number of hydrogen-bond acceptors (Lipinski definition) is 3. The van der Waals surface area contributed by atoms with Gasteiger partial charge in [0.1, 0.15) is 0 Å². The van der Waals surface area contributed by atoms with Crippen molar-refractivity contribution in [2.75, 3.05) is 6.54 Å². The van der Waals surface area contributed by atoms with Gasteiger partial charge in [-0.15, -0.1) is 0 Å². The van der Waals surface area contributed by atoms with Crippen LogP contribution in [0.3, 0.4) is 0 Å². The molecule has 0 saturated heterocycles. The zero-order valence-electron chi connectivity index (χ0n) is 13.9. The molecular formula is C19H19ClN4O. The largest absolute Gasteiger partial charge is 0.353 e. The number of carbonyl (C=O) groups excluding carboxylic acids is 1. The third-order valence-electron chi connectivity index (χ3n) is 3.73. The summed E-state index contributed by atoms with van der Waals surface area (Å²) in [5.74, 6) is -0.105. The van der Waals surface area contributed by atoms with Crippen molar-refractivity contribution in [1.82, 2.24) is 19.9 Å². The first-order valence-corrected chi connectivity index (χ1v) is 8.50. The highest BCUT2D eigenvalue weighted by Crippen LogP contribution is 2.10. The van der Waals surface area contributed by atoms with Gasteiger partial charge < -0.3 is 5.32 Å². The van der Waals surface area contributed by atoms with Gasteiger partial charge in [0.25, 0.3) is 0 Å². The number of nitrogens with one attached hydrogen (secondary N) is 1. The number of carbonyl (C=O) groups is 1. The van der Waals surface area contributed by atoms with Gasteiger partial charge in [-0.25, -0.2) is 9.50 Å². The standard InChI is InChI=1S/C19H19ClN4O/c1-14-11-18-22-12-16(13-24(18)23-14)3-2-10-21-19(25)9-6-15-4-7-17(20)8-5-15/h4-9,11-13H,2-3,10H2,1H3,(H,21,25)/b9-6+. The van der Waals surface area contributed by atoms with Gasteiger partial charge >= 0.3 is 0 Å². The van der Waals surface area contributed by atoms with Crippen molar-refractivity contribution in [3.8, 4) is 0 Å². The van der Waals surface area contributed by atoms with E-state index >= 15 is 0 Å². The van der Waals surface area contributed by atoms with Gasteiger partial charge in [-0.1, -0.05) is 23.7 Å². The molecule has 1 amide bonds. The van der Waals surface area contributed by atoms with Gasteiger partial charge in [0.05, 0.1) is 5.69 Å². The van der Waals surface area contributed by atoms with Crippen LogP contribution in [0.25, 0.3) is 11.7 Å². The lowest BCUT2D eigenvalue weighted by Gasteiger charge is -2.03. The van der Waals surface area contributed by atoms with E-state index in [1.807, 2.05) is 37.5 Å². The number of fused-ring (bicyclic) bond motifs is 1. The minimum atomic E-state index is -0.105. The van der Waals surface area contributed by atoms with Crippen LogP contribution in [-0.2, 0) is 11.2 Å². The van der Waals surface area contributed by atoms with Crippen molar-refractivity contribution in [1.29, 1.82) is 0 Å². The Morgan fingerprint density at radius 1 is 1.32 bits per heavy atom. The second-order valence-electron chi connectivity index (χ2n) is 5.83. The number of amides is 1. The van der Waals surface area contributed by atoms with E-state index in [0.717, 1.165) is 35.3 Å². The molecule has 0 aliphatic rings. The molecule has 1 N–H and O–H groups in total. The molecule has 0 aliphatic heterocycles. The molecule has 0 aliphatic carbocycles. The number of halogens is 1. The zero-order valence-corrected chi connectivity index (χ0v) is 14.7. The van der Waals surface area contributed by atoms with Crippen LogP contribution in [0.1, 0.15) is 23.2 Å². The number of aryl methyl sites for hydroxylation is 2. The quantitative estimate of drug-likeness (QED) is 0.545. The minimum Gasteiger partial charge on any atom is -0.353 e. The molecule has 6 heteroatoms. The van der Waals surface area contributed by atoms with E-state index in [-0.39, 0.29) is 5.91 Å². The highest BCUT2D eigenvalue weighted by atomic mass is 35.5. The summed E-state index contributed by atoms with van der Waals surface area (Å²) in [5, 5.41) is 7.92. The molecule has 3 aromatic rings. The Bertz CT molecular complexity index is 899. The third-order valence-corrected chi connectivity index (χ3v) is 3.98. The summed E-state index contributed by atoms with van der Waals surface area (Å²) in [6, 6.07) is 9.27. The third kappa shape index (κ3) is 4.90. The molecule has 0 spiro atoms. The van der Waals surface area contributed by atoms with Crippen molar-refractivity contribution >= 4 is 29.2 Å². The van der Waals surface area contributed by atoms with E-state index < -0.39 is 0 Å². The SMILES string of the molecule is Cc1cc2ncc(CCCNC(=O)/C=C/c3ccc(Cl)cc3)cn2n1. The van der Waals surface area contributed by atoms with Gasteiger partial charge in [0.15, 0.2) is 5.65 Å². The summed E-state index contributed by atoms with van der Waals surface area (Å²) in [6.07, 6.45) is 8.82. The van der Waals surface area contributed by atoms with Crippen LogP contribution >= 0.6 is 11.6 Å². The maximum Gasteiger partial charge on any atom is 0.243 e. The Labute approximate surface area is 151 Å². The molecule has 3 rings (SSSR count). The van der Waals surface area contributed by atoms with Gasteiger partial charge in [0, 0.05) is 36.1 Å². The summed E-state index contributed by atoms with van der Waals surface area (Å²) in [7, 11) is 0. The maximum absolute atomic E-state index is 11.8. The second-order valence-corrected chi connectivity index (χ2v) is 6.27. The van der Waals surface area contributed by atoms with E-state index in [0.29, 0.717) is 11.6 Å². The first kappa shape index (κ1) is 17.2. The highest BCUT2D eigenvalue weighted by molar-refractivity contribution is 6.30. The molecule has 2 aromatic heterocycles. The van der Waals surface area contributed by atoms with Crippen molar-refractivity contribution in [2.24, 2.45) is 0 Å². The van der Waals surface area contributed by atoms with E-state index in [9.17, 15) is 4.79 Å². The zero-order chi connectivity index (χ0) is 17.6.